The molecule has 0 aliphatic carbocycles. The van der Waals surface area contributed by atoms with Crippen LogP contribution in [0.3, 0.4) is 0 Å². The maximum atomic E-state index is 11.7. The summed E-state index contributed by atoms with van der Waals surface area (Å²) >= 11 is 3.45. The number of amides is 1. The Morgan fingerprint density at radius 1 is 1.33 bits per heavy atom. The molecule has 0 spiro atoms. The molecule has 1 amide bonds. The Morgan fingerprint density at radius 2 is 2.00 bits per heavy atom. The normalized spacial score (nSPS) is 12.3. The van der Waals surface area contributed by atoms with E-state index >= 15 is 0 Å². The lowest BCUT2D eigenvalue weighted by Gasteiger charge is -2.17. The molecule has 1 aromatic carbocycles. The lowest BCUT2D eigenvalue weighted by molar-refractivity contribution is -0.120. The van der Waals surface area contributed by atoms with Gasteiger partial charge in [-0.05, 0) is 43.5 Å². The molecule has 1 atom stereocenters. The highest BCUT2D eigenvalue weighted by atomic mass is 79.9. The molecule has 100 valence electrons. The van der Waals surface area contributed by atoms with Crippen molar-refractivity contribution in [3.05, 3.63) is 28.2 Å². The summed E-state index contributed by atoms with van der Waals surface area (Å²) in [4.78, 5) is 11.7. The number of benzene rings is 1. The Labute approximate surface area is 117 Å². The molecule has 18 heavy (non-hydrogen) atoms. The Kier molecular flexibility index (Phi) is 5.66. The van der Waals surface area contributed by atoms with Crippen molar-refractivity contribution in [2.24, 2.45) is 5.92 Å². The molecular formula is C14H21BrN2O. The molecule has 0 aromatic heterocycles. The molecular weight excluding hydrogens is 292 g/mol. The van der Waals surface area contributed by atoms with Crippen LogP contribution in [-0.4, -0.2) is 18.5 Å². The smallest absolute Gasteiger partial charge is 0.239 e. The summed E-state index contributed by atoms with van der Waals surface area (Å²) in [5.74, 6) is 0.473. The van der Waals surface area contributed by atoms with E-state index in [2.05, 4.69) is 40.4 Å². The zero-order chi connectivity index (χ0) is 13.7. The molecule has 0 saturated carbocycles. The van der Waals surface area contributed by atoms with Crippen molar-refractivity contribution in [1.82, 2.24) is 5.32 Å². The van der Waals surface area contributed by atoms with Gasteiger partial charge in [-0.15, -0.1) is 0 Å². The van der Waals surface area contributed by atoms with Crippen LogP contribution in [0.5, 0.6) is 0 Å². The zero-order valence-corrected chi connectivity index (χ0v) is 13.0. The second-order valence-electron chi connectivity index (χ2n) is 4.92. The Hall–Kier alpha value is -1.03. The molecule has 0 saturated heterocycles. The largest absolute Gasteiger partial charge is 0.376 e. The van der Waals surface area contributed by atoms with Crippen LogP contribution in [0.2, 0.25) is 0 Å². The van der Waals surface area contributed by atoms with E-state index in [0.29, 0.717) is 12.5 Å². The summed E-state index contributed by atoms with van der Waals surface area (Å²) < 4.78 is 1.07. The number of aryl methyl sites for hydroxylation is 1. The third-order valence-corrected chi connectivity index (χ3v) is 3.89. The minimum Gasteiger partial charge on any atom is -0.376 e. The average Bonchev–Trinajstić information content (AvgIpc) is 2.30. The summed E-state index contributed by atoms with van der Waals surface area (Å²) in [6.45, 7) is 8.54. The molecule has 0 fully saturated rings. The van der Waals surface area contributed by atoms with Gasteiger partial charge in [0.05, 0.1) is 6.54 Å². The van der Waals surface area contributed by atoms with Crippen molar-refractivity contribution in [3.8, 4) is 0 Å². The quantitative estimate of drug-likeness (QED) is 0.875. The van der Waals surface area contributed by atoms with Gasteiger partial charge < -0.3 is 10.6 Å². The molecule has 0 bridgehead atoms. The number of carbonyl (C=O) groups is 1. The molecule has 1 unspecified atom stereocenters. The average molecular weight is 313 g/mol. The van der Waals surface area contributed by atoms with Crippen LogP contribution >= 0.6 is 15.9 Å². The van der Waals surface area contributed by atoms with Gasteiger partial charge in [-0.25, -0.2) is 0 Å². The van der Waals surface area contributed by atoms with Gasteiger partial charge in [-0.2, -0.15) is 0 Å². The van der Waals surface area contributed by atoms with Crippen LogP contribution < -0.4 is 10.6 Å². The van der Waals surface area contributed by atoms with Crippen LogP contribution in [0.15, 0.2) is 22.7 Å². The summed E-state index contributed by atoms with van der Waals surface area (Å²) in [6.07, 6.45) is 0. The number of rotatable bonds is 5. The van der Waals surface area contributed by atoms with Crippen LogP contribution in [0.4, 0.5) is 5.69 Å². The molecule has 0 heterocycles. The Balaban J connectivity index is 2.45. The fraction of sp³-hybridized carbons (Fsp3) is 0.500. The topological polar surface area (TPSA) is 41.1 Å². The number of nitrogens with one attached hydrogen (secondary N) is 2. The van der Waals surface area contributed by atoms with E-state index in [9.17, 15) is 4.79 Å². The lowest BCUT2D eigenvalue weighted by Crippen LogP contribution is -2.39. The minimum absolute atomic E-state index is 0.0248. The summed E-state index contributed by atoms with van der Waals surface area (Å²) in [5.41, 5.74) is 2.11. The van der Waals surface area contributed by atoms with E-state index in [0.717, 1.165) is 15.7 Å². The van der Waals surface area contributed by atoms with Gasteiger partial charge in [0, 0.05) is 16.2 Å². The third-order valence-electron chi connectivity index (χ3n) is 3.00. The van der Waals surface area contributed by atoms with Crippen molar-refractivity contribution in [2.45, 2.75) is 33.7 Å². The van der Waals surface area contributed by atoms with E-state index in [1.54, 1.807) is 0 Å². The van der Waals surface area contributed by atoms with Gasteiger partial charge in [0.2, 0.25) is 5.91 Å². The third kappa shape index (κ3) is 4.69. The highest BCUT2D eigenvalue weighted by molar-refractivity contribution is 9.10. The first-order valence-electron chi connectivity index (χ1n) is 6.19. The first kappa shape index (κ1) is 15.0. The Morgan fingerprint density at radius 3 is 2.56 bits per heavy atom. The summed E-state index contributed by atoms with van der Waals surface area (Å²) in [6, 6.07) is 6.15. The van der Waals surface area contributed by atoms with Crippen LogP contribution in [0.1, 0.15) is 26.3 Å². The molecule has 3 nitrogen and oxygen atoms in total. The van der Waals surface area contributed by atoms with Gasteiger partial charge in [0.15, 0.2) is 0 Å². The molecule has 0 radical (unpaired) electrons. The minimum atomic E-state index is 0.0248. The van der Waals surface area contributed by atoms with Gasteiger partial charge in [-0.3, -0.25) is 4.79 Å². The van der Waals surface area contributed by atoms with Crippen molar-refractivity contribution in [1.29, 1.82) is 0 Å². The number of anilines is 1. The fourth-order valence-corrected chi connectivity index (χ4v) is 1.66. The Bertz CT molecular complexity index is 418. The van der Waals surface area contributed by atoms with Crippen molar-refractivity contribution in [2.75, 3.05) is 11.9 Å². The molecule has 4 heteroatoms. The lowest BCUT2D eigenvalue weighted by atomic mass is 10.1. The van der Waals surface area contributed by atoms with Crippen LogP contribution in [0.25, 0.3) is 0 Å². The van der Waals surface area contributed by atoms with E-state index in [1.807, 2.05) is 32.0 Å². The van der Waals surface area contributed by atoms with Gasteiger partial charge in [-0.1, -0.05) is 29.8 Å². The van der Waals surface area contributed by atoms with Crippen LogP contribution in [-0.2, 0) is 4.79 Å². The second-order valence-corrected chi connectivity index (χ2v) is 5.77. The first-order chi connectivity index (χ1) is 8.40. The summed E-state index contributed by atoms with van der Waals surface area (Å²) in [7, 11) is 0. The molecule has 2 N–H and O–H groups in total. The number of carbonyl (C=O) groups excluding carboxylic acids is 1. The van der Waals surface area contributed by atoms with E-state index in [1.165, 1.54) is 0 Å². The molecule has 1 aromatic rings. The predicted molar refractivity (Wildman–Crippen MR) is 79.8 cm³/mol. The first-order valence-corrected chi connectivity index (χ1v) is 6.99. The number of hydrogen-bond acceptors (Lipinski definition) is 2. The second kappa shape index (κ2) is 6.78. The van der Waals surface area contributed by atoms with Gasteiger partial charge >= 0.3 is 0 Å². The maximum Gasteiger partial charge on any atom is 0.239 e. The van der Waals surface area contributed by atoms with Gasteiger partial charge in [0.25, 0.3) is 0 Å². The highest BCUT2D eigenvalue weighted by Gasteiger charge is 2.10. The van der Waals surface area contributed by atoms with Crippen molar-refractivity contribution in [3.63, 3.8) is 0 Å². The maximum absolute atomic E-state index is 11.7. The van der Waals surface area contributed by atoms with E-state index < -0.39 is 0 Å². The SMILES string of the molecule is Cc1cc(NCC(=O)NC(C)C(C)C)ccc1Br. The monoisotopic (exact) mass is 312 g/mol. The van der Waals surface area contributed by atoms with Crippen LogP contribution in [0, 0.1) is 12.8 Å². The zero-order valence-electron chi connectivity index (χ0n) is 11.4. The molecule has 1 rings (SSSR count). The number of hydrogen-bond donors (Lipinski definition) is 2. The van der Waals surface area contributed by atoms with E-state index in [-0.39, 0.29) is 11.9 Å². The predicted octanol–water partition coefficient (Wildman–Crippen LogP) is 3.33. The van der Waals surface area contributed by atoms with E-state index in [4.69, 9.17) is 0 Å². The van der Waals surface area contributed by atoms with Gasteiger partial charge in [0.1, 0.15) is 0 Å². The fourth-order valence-electron chi connectivity index (χ4n) is 1.41. The number of halogens is 1. The van der Waals surface area contributed by atoms with Crippen molar-refractivity contribution < 1.29 is 4.79 Å². The molecule has 0 aliphatic heterocycles. The molecule has 0 aliphatic rings. The highest BCUT2D eigenvalue weighted by Crippen LogP contribution is 2.19. The standard InChI is InChI=1S/C14H21BrN2O/c1-9(2)11(4)17-14(18)8-16-12-5-6-13(15)10(3)7-12/h5-7,9,11,16H,8H2,1-4H3,(H,17,18). The summed E-state index contributed by atoms with van der Waals surface area (Å²) in [5, 5.41) is 6.09. The van der Waals surface area contributed by atoms with Crippen molar-refractivity contribution >= 4 is 27.5 Å².